The number of esters is 1. The van der Waals surface area contributed by atoms with Crippen LogP contribution in [0, 0.1) is 0 Å². The topological polar surface area (TPSA) is 101 Å². The highest BCUT2D eigenvalue weighted by Gasteiger charge is 2.27. The molecule has 30 heavy (non-hydrogen) atoms. The first kappa shape index (κ1) is 22.6. The van der Waals surface area contributed by atoms with Crippen molar-refractivity contribution >= 4 is 40.0 Å². The number of hydrogen-bond donors (Lipinski definition) is 2. The second kappa shape index (κ2) is 10.8. The summed E-state index contributed by atoms with van der Waals surface area (Å²) in [6.07, 6.45) is 6.60. The molecule has 2 aromatic rings. The SMILES string of the molecule is CCCCc1cc(=O)[nH]c(SCC(=O)Nc2sc3c(c2C(=O)OCC)CCCC3)n1. The predicted octanol–water partition coefficient (Wildman–Crippen LogP) is 3.96. The highest BCUT2D eigenvalue weighted by atomic mass is 32.2. The van der Waals surface area contributed by atoms with E-state index in [-0.39, 0.29) is 23.2 Å². The summed E-state index contributed by atoms with van der Waals surface area (Å²) in [5.41, 5.74) is 2.04. The number of rotatable bonds is 9. The van der Waals surface area contributed by atoms with Crippen molar-refractivity contribution in [2.45, 2.75) is 63.9 Å². The standard InChI is InChI=1S/C21H27N3O4S2/c1-3-5-8-13-11-16(25)24-21(22-13)29-12-17(26)23-19-18(20(27)28-4-2)14-9-6-7-10-15(14)30-19/h11H,3-10,12H2,1-2H3,(H,23,26)(H,22,24,25). The smallest absolute Gasteiger partial charge is 0.341 e. The van der Waals surface area contributed by atoms with Crippen LogP contribution >= 0.6 is 23.1 Å². The van der Waals surface area contributed by atoms with Gasteiger partial charge in [-0.3, -0.25) is 9.59 Å². The molecule has 2 heterocycles. The van der Waals surface area contributed by atoms with Crippen LogP contribution < -0.4 is 10.9 Å². The molecule has 9 heteroatoms. The number of aromatic nitrogens is 2. The molecule has 0 saturated heterocycles. The second-order valence-corrected chi connectivity index (χ2v) is 9.19. The Labute approximate surface area is 184 Å². The van der Waals surface area contributed by atoms with Gasteiger partial charge in [-0.25, -0.2) is 9.78 Å². The fourth-order valence-electron chi connectivity index (χ4n) is 3.41. The number of anilines is 1. The molecular weight excluding hydrogens is 422 g/mol. The fraction of sp³-hybridized carbons (Fsp3) is 0.524. The molecule has 2 N–H and O–H groups in total. The van der Waals surface area contributed by atoms with Crippen LogP contribution in [0.2, 0.25) is 0 Å². The van der Waals surface area contributed by atoms with Gasteiger partial charge in [0.25, 0.3) is 5.56 Å². The van der Waals surface area contributed by atoms with Crippen molar-refractivity contribution in [1.29, 1.82) is 0 Å². The van der Waals surface area contributed by atoms with Crippen LogP contribution in [-0.4, -0.2) is 34.2 Å². The zero-order valence-electron chi connectivity index (χ0n) is 17.3. The average Bonchev–Trinajstić information content (AvgIpc) is 3.08. The van der Waals surface area contributed by atoms with E-state index in [4.69, 9.17) is 4.74 Å². The summed E-state index contributed by atoms with van der Waals surface area (Å²) >= 11 is 2.64. The van der Waals surface area contributed by atoms with Gasteiger partial charge in [0, 0.05) is 16.6 Å². The van der Waals surface area contributed by atoms with Crippen molar-refractivity contribution in [3.05, 3.63) is 38.1 Å². The maximum absolute atomic E-state index is 12.6. The Morgan fingerprint density at radius 3 is 2.87 bits per heavy atom. The number of thioether (sulfide) groups is 1. The zero-order chi connectivity index (χ0) is 21.5. The number of unbranched alkanes of at least 4 members (excludes halogenated alkanes) is 1. The Hall–Kier alpha value is -2.13. The number of hydrogen-bond acceptors (Lipinski definition) is 7. The lowest BCUT2D eigenvalue weighted by Crippen LogP contribution is -2.18. The summed E-state index contributed by atoms with van der Waals surface area (Å²) in [7, 11) is 0. The molecule has 0 fully saturated rings. The molecule has 1 aliphatic rings. The largest absolute Gasteiger partial charge is 0.462 e. The van der Waals surface area contributed by atoms with E-state index in [1.807, 2.05) is 0 Å². The van der Waals surface area contributed by atoms with Crippen molar-refractivity contribution in [3.8, 4) is 0 Å². The van der Waals surface area contributed by atoms with Gasteiger partial charge in [0.15, 0.2) is 5.16 Å². The number of aromatic amines is 1. The summed E-state index contributed by atoms with van der Waals surface area (Å²) in [6, 6.07) is 1.50. The molecule has 0 atom stereocenters. The minimum Gasteiger partial charge on any atom is -0.462 e. The summed E-state index contributed by atoms with van der Waals surface area (Å²) in [4.78, 5) is 45.2. The number of fused-ring (bicyclic) bond motifs is 1. The maximum Gasteiger partial charge on any atom is 0.341 e. The van der Waals surface area contributed by atoms with E-state index < -0.39 is 0 Å². The van der Waals surface area contributed by atoms with Gasteiger partial charge in [0.2, 0.25) is 5.91 Å². The predicted molar refractivity (Wildman–Crippen MR) is 120 cm³/mol. The van der Waals surface area contributed by atoms with E-state index in [1.54, 1.807) is 6.92 Å². The van der Waals surface area contributed by atoms with Crippen molar-refractivity contribution < 1.29 is 14.3 Å². The van der Waals surface area contributed by atoms with Crippen LogP contribution in [0.25, 0.3) is 0 Å². The third-order valence-corrected chi connectivity index (χ3v) is 6.88. The molecule has 0 saturated carbocycles. The highest BCUT2D eigenvalue weighted by Crippen LogP contribution is 2.38. The van der Waals surface area contributed by atoms with Crippen molar-refractivity contribution in [1.82, 2.24) is 9.97 Å². The fourth-order valence-corrected chi connectivity index (χ4v) is 5.40. The summed E-state index contributed by atoms with van der Waals surface area (Å²) in [6.45, 7) is 4.15. The Bertz CT molecular complexity index is 968. The number of aryl methyl sites for hydroxylation is 2. The monoisotopic (exact) mass is 449 g/mol. The Balaban J connectivity index is 1.69. The van der Waals surface area contributed by atoms with Crippen molar-refractivity contribution in [2.24, 2.45) is 0 Å². The van der Waals surface area contributed by atoms with E-state index in [0.717, 1.165) is 61.1 Å². The van der Waals surface area contributed by atoms with E-state index in [2.05, 4.69) is 22.2 Å². The molecule has 1 aliphatic carbocycles. The van der Waals surface area contributed by atoms with E-state index in [0.29, 0.717) is 22.3 Å². The first-order valence-electron chi connectivity index (χ1n) is 10.4. The zero-order valence-corrected chi connectivity index (χ0v) is 19.0. The lowest BCUT2D eigenvalue weighted by atomic mass is 9.95. The summed E-state index contributed by atoms with van der Waals surface area (Å²) in [5, 5.41) is 3.87. The normalized spacial score (nSPS) is 13.0. The van der Waals surface area contributed by atoms with Crippen LogP contribution in [0.1, 0.15) is 66.0 Å². The molecule has 2 aromatic heterocycles. The second-order valence-electron chi connectivity index (χ2n) is 7.12. The van der Waals surface area contributed by atoms with Gasteiger partial charge in [-0.05, 0) is 51.0 Å². The minimum absolute atomic E-state index is 0.0883. The van der Waals surface area contributed by atoms with Crippen LogP contribution in [0.3, 0.4) is 0 Å². The molecule has 0 radical (unpaired) electrons. The first-order valence-corrected chi connectivity index (χ1v) is 12.2. The third kappa shape index (κ3) is 5.72. The van der Waals surface area contributed by atoms with E-state index in [9.17, 15) is 14.4 Å². The van der Waals surface area contributed by atoms with E-state index in [1.165, 1.54) is 29.2 Å². The van der Waals surface area contributed by atoms with Gasteiger partial charge in [-0.1, -0.05) is 25.1 Å². The summed E-state index contributed by atoms with van der Waals surface area (Å²) < 4.78 is 5.22. The van der Waals surface area contributed by atoms with Crippen molar-refractivity contribution in [3.63, 3.8) is 0 Å². The number of H-pyrrole nitrogens is 1. The first-order chi connectivity index (χ1) is 14.5. The molecule has 3 rings (SSSR count). The molecule has 0 bridgehead atoms. The quantitative estimate of drug-likeness (QED) is 0.341. The van der Waals surface area contributed by atoms with Gasteiger partial charge in [0.05, 0.1) is 17.9 Å². The number of carbonyl (C=O) groups is 2. The molecule has 162 valence electrons. The number of ether oxygens (including phenoxy) is 1. The number of carbonyl (C=O) groups excluding carboxylic acids is 2. The van der Waals surface area contributed by atoms with Gasteiger partial charge in [-0.2, -0.15) is 0 Å². The molecule has 1 amide bonds. The summed E-state index contributed by atoms with van der Waals surface area (Å²) in [5.74, 6) is -0.536. The molecule has 0 aliphatic heterocycles. The lowest BCUT2D eigenvalue weighted by Gasteiger charge is -2.12. The maximum atomic E-state index is 12.6. The number of nitrogens with zero attached hydrogens (tertiary/aromatic N) is 1. The molecule has 0 unspecified atom stereocenters. The van der Waals surface area contributed by atoms with Crippen LogP contribution in [0.5, 0.6) is 0 Å². The molecular formula is C21H27N3O4S2. The Morgan fingerprint density at radius 2 is 2.10 bits per heavy atom. The minimum atomic E-state index is -0.380. The van der Waals surface area contributed by atoms with Gasteiger partial charge in [-0.15, -0.1) is 11.3 Å². The van der Waals surface area contributed by atoms with Gasteiger partial charge >= 0.3 is 5.97 Å². The third-order valence-electron chi connectivity index (χ3n) is 4.80. The molecule has 0 spiro atoms. The Kier molecular flexibility index (Phi) is 8.09. The average molecular weight is 450 g/mol. The molecule has 0 aromatic carbocycles. The lowest BCUT2D eigenvalue weighted by molar-refractivity contribution is -0.113. The number of nitrogens with one attached hydrogen (secondary N) is 2. The van der Waals surface area contributed by atoms with Gasteiger partial charge < -0.3 is 15.0 Å². The molecule has 7 nitrogen and oxygen atoms in total. The highest BCUT2D eigenvalue weighted by molar-refractivity contribution is 7.99. The van der Waals surface area contributed by atoms with Crippen LogP contribution in [-0.2, 0) is 28.8 Å². The number of thiophene rings is 1. The van der Waals surface area contributed by atoms with Crippen molar-refractivity contribution in [2.75, 3.05) is 17.7 Å². The van der Waals surface area contributed by atoms with Crippen LogP contribution in [0.4, 0.5) is 5.00 Å². The van der Waals surface area contributed by atoms with E-state index >= 15 is 0 Å². The Morgan fingerprint density at radius 1 is 1.30 bits per heavy atom. The number of amides is 1. The van der Waals surface area contributed by atoms with Crippen LogP contribution in [0.15, 0.2) is 16.0 Å². The van der Waals surface area contributed by atoms with Gasteiger partial charge in [0.1, 0.15) is 5.00 Å².